The Bertz CT molecular complexity index is 630. The fourth-order valence-corrected chi connectivity index (χ4v) is 8.18. The van der Waals surface area contributed by atoms with E-state index in [1.807, 2.05) is 0 Å². The Morgan fingerprint density at radius 1 is 0.963 bits per heavy atom. The highest BCUT2D eigenvalue weighted by Crippen LogP contribution is 2.67. The van der Waals surface area contributed by atoms with Crippen LogP contribution in [0.1, 0.15) is 79.1 Å². The maximum Gasteiger partial charge on any atom is 0.302 e. The molecule has 0 aromatic heterocycles. The zero-order valence-corrected chi connectivity index (χ0v) is 17.4. The van der Waals surface area contributed by atoms with Gasteiger partial charge in [-0.05, 0) is 87.4 Å². The fraction of sp³-hybridized carbons (Fsp3) is 0.913. The Labute approximate surface area is 163 Å². The van der Waals surface area contributed by atoms with Gasteiger partial charge in [-0.25, -0.2) is 0 Å². The lowest BCUT2D eigenvalue weighted by atomic mass is 9.44. The van der Waals surface area contributed by atoms with Gasteiger partial charge in [0.25, 0.3) is 0 Å². The summed E-state index contributed by atoms with van der Waals surface area (Å²) in [6.07, 6.45) is 8.00. The number of aliphatic hydroxyl groups is 1. The molecular formula is C23H36O4. The molecule has 1 N–H and O–H groups in total. The summed E-state index contributed by atoms with van der Waals surface area (Å²) in [5, 5.41) is 11.3. The highest BCUT2D eigenvalue weighted by Gasteiger charge is 2.64. The van der Waals surface area contributed by atoms with Crippen LogP contribution in [-0.4, -0.2) is 29.1 Å². The molecule has 152 valence electrons. The van der Waals surface area contributed by atoms with E-state index < -0.39 is 0 Å². The minimum Gasteiger partial charge on any atom is -0.463 e. The van der Waals surface area contributed by atoms with Crippen molar-refractivity contribution in [3.63, 3.8) is 0 Å². The molecule has 0 saturated heterocycles. The Morgan fingerprint density at radius 3 is 2.37 bits per heavy atom. The Balaban J connectivity index is 1.58. The number of hydrogen-bond acceptors (Lipinski definition) is 4. The molecule has 0 bridgehead atoms. The first-order valence-electron chi connectivity index (χ1n) is 11.0. The van der Waals surface area contributed by atoms with E-state index in [9.17, 15) is 14.7 Å². The first kappa shape index (κ1) is 19.4. The average molecular weight is 377 g/mol. The van der Waals surface area contributed by atoms with Crippen molar-refractivity contribution < 1.29 is 19.4 Å². The van der Waals surface area contributed by atoms with Gasteiger partial charge >= 0.3 is 5.97 Å². The van der Waals surface area contributed by atoms with Crippen molar-refractivity contribution >= 4 is 11.8 Å². The standard InChI is InChI=1S/C23H36O4/c1-13(24)18-7-8-19-17-6-5-15-11-16(27-14(2)25)9-10-22(15,3)20(17)12-21(26)23(18,19)4/h15-21,26H,5-12H2,1-4H3/t15-,16-,17+,18+,19+,20+,21+,22-,23-/m1/s1. The number of Topliss-reactive ketones (excluding diaryl/α,β-unsaturated/α-hetero) is 1. The van der Waals surface area contributed by atoms with Crippen LogP contribution in [0.15, 0.2) is 0 Å². The molecule has 9 atom stereocenters. The van der Waals surface area contributed by atoms with Crippen molar-refractivity contribution in [2.45, 2.75) is 91.3 Å². The molecule has 4 heteroatoms. The van der Waals surface area contributed by atoms with E-state index in [-0.39, 0.29) is 40.7 Å². The molecule has 0 unspecified atom stereocenters. The number of rotatable bonds is 2. The second-order valence-corrected chi connectivity index (χ2v) is 10.5. The van der Waals surface area contributed by atoms with E-state index in [1.54, 1.807) is 6.92 Å². The van der Waals surface area contributed by atoms with E-state index >= 15 is 0 Å². The normalized spacial score (nSPS) is 51.7. The van der Waals surface area contributed by atoms with Crippen LogP contribution in [0.4, 0.5) is 0 Å². The molecule has 0 radical (unpaired) electrons. The topological polar surface area (TPSA) is 63.6 Å². The number of aliphatic hydroxyl groups excluding tert-OH is 1. The summed E-state index contributed by atoms with van der Waals surface area (Å²) in [7, 11) is 0. The van der Waals surface area contributed by atoms with Crippen LogP contribution < -0.4 is 0 Å². The monoisotopic (exact) mass is 376 g/mol. The predicted molar refractivity (Wildman–Crippen MR) is 103 cm³/mol. The van der Waals surface area contributed by atoms with Gasteiger partial charge in [0, 0.05) is 18.3 Å². The van der Waals surface area contributed by atoms with Gasteiger partial charge in [-0.3, -0.25) is 9.59 Å². The average Bonchev–Trinajstić information content (AvgIpc) is 2.95. The molecule has 0 amide bonds. The van der Waals surface area contributed by atoms with Gasteiger partial charge in [0.15, 0.2) is 0 Å². The molecule has 4 fully saturated rings. The molecule has 4 aliphatic carbocycles. The highest BCUT2D eigenvalue weighted by molar-refractivity contribution is 5.79. The molecule has 0 aromatic rings. The summed E-state index contributed by atoms with van der Waals surface area (Å²) in [6.45, 7) is 7.86. The lowest BCUT2D eigenvalue weighted by Gasteiger charge is -2.62. The summed E-state index contributed by atoms with van der Waals surface area (Å²) in [6, 6.07) is 0. The van der Waals surface area contributed by atoms with Crippen LogP contribution in [0.3, 0.4) is 0 Å². The van der Waals surface area contributed by atoms with E-state index in [2.05, 4.69) is 13.8 Å². The molecule has 4 saturated carbocycles. The second kappa shape index (κ2) is 6.57. The Hall–Kier alpha value is -0.900. The summed E-state index contributed by atoms with van der Waals surface area (Å²) in [5.74, 6) is 2.36. The molecular weight excluding hydrogens is 340 g/mol. The molecule has 0 spiro atoms. The molecule has 4 rings (SSSR count). The fourth-order valence-electron chi connectivity index (χ4n) is 8.18. The SMILES string of the molecule is CC(=O)O[C@@H]1CC[C@]2(C)[C@H](CC[C@@H]3[C@@H]2C[C@H](O)[C@]2(C)[C@H](C(C)=O)CC[C@@H]32)C1. The Kier molecular flexibility index (Phi) is 4.73. The van der Waals surface area contributed by atoms with Gasteiger partial charge < -0.3 is 9.84 Å². The number of ether oxygens (including phenoxy) is 1. The predicted octanol–water partition coefficient (Wildman–Crippen LogP) is 4.14. The number of carbonyl (C=O) groups excluding carboxylic acids is 2. The summed E-state index contributed by atoms with van der Waals surface area (Å²) in [5.41, 5.74) is 0.00132. The van der Waals surface area contributed by atoms with Crippen LogP contribution in [-0.2, 0) is 14.3 Å². The lowest BCUT2D eigenvalue weighted by molar-refractivity contribution is -0.179. The van der Waals surface area contributed by atoms with Gasteiger partial charge in [0.1, 0.15) is 11.9 Å². The van der Waals surface area contributed by atoms with Crippen LogP contribution in [0.25, 0.3) is 0 Å². The number of hydrogen-bond donors (Lipinski definition) is 1. The van der Waals surface area contributed by atoms with Crippen molar-refractivity contribution in [3.8, 4) is 0 Å². The molecule has 0 aliphatic heterocycles. The van der Waals surface area contributed by atoms with Gasteiger partial charge in [0.2, 0.25) is 0 Å². The smallest absolute Gasteiger partial charge is 0.302 e. The zero-order chi connectivity index (χ0) is 19.6. The van der Waals surface area contributed by atoms with Crippen LogP contribution in [0.2, 0.25) is 0 Å². The van der Waals surface area contributed by atoms with Crippen molar-refractivity contribution in [1.82, 2.24) is 0 Å². The van der Waals surface area contributed by atoms with Crippen molar-refractivity contribution in [1.29, 1.82) is 0 Å². The quantitative estimate of drug-likeness (QED) is 0.736. The maximum absolute atomic E-state index is 12.3. The molecule has 0 aromatic carbocycles. The van der Waals surface area contributed by atoms with Gasteiger partial charge in [-0.1, -0.05) is 13.8 Å². The third-order valence-corrected chi connectivity index (χ3v) is 9.55. The largest absolute Gasteiger partial charge is 0.463 e. The van der Waals surface area contributed by atoms with Crippen LogP contribution >= 0.6 is 0 Å². The van der Waals surface area contributed by atoms with Gasteiger partial charge in [-0.15, -0.1) is 0 Å². The first-order valence-corrected chi connectivity index (χ1v) is 11.0. The highest BCUT2D eigenvalue weighted by atomic mass is 16.5. The number of ketones is 1. The minimum absolute atomic E-state index is 0.0312. The van der Waals surface area contributed by atoms with Gasteiger partial charge in [0.05, 0.1) is 6.10 Å². The van der Waals surface area contributed by atoms with Crippen LogP contribution in [0, 0.1) is 40.4 Å². The van der Waals surface area contributed by atoms with Gasteiger partial charge in [-0.2, -0.15) is 0 Å². The van der Waals surface area contributed by atoms with E-state index in [0.29, 0.717) is 23.7 Å². The molecule has 0 heterocycles. The molecule has 4 nitrogen and oxygen atoms in total. The number of carbonyl (C=O) groups is 2. The summed E-state index contributed by atoms with van der Waals surface area (Å²) in [4.78, 5) is 23.7. The van der Waals surface area contributed by atoms with Crippen molar-refractivity contribution in [3.05, 3.63) is 0 Å². The van der Waals surface area contributed by atoms with Crippen molar-refractivity contribution in [2.75, 3.05) is 0 Å². The molecule has 4 aliphatic rings. The van der Waals surface area contributed by atoms with E-state index in [0.717, 1.165) is 38.5 Å². The zero-order valence-electron chi connectivity index (χ0n) is 17.4. The molecule has 27 heavy (non-hydrogen) atoms. The number of esters is 1. The number of fused-ring (bicyclic) bond motifs is 5. The summed E-state index contributed by atoms with van der Waals surface area (Å²) >= 11 is 0. The van der Waals surface area contributed by atoms with E-state index in [1.165, 1.54) is 19.8 Å². The third kappa shape index (κ3) is 2.81. The minimum atomic E-state index is -0.373. The Morgan fingerprint density at radius 2 is 1.70 bits per heavy atom. The lowest BCUT2D eigenvalue weighted by Crippen LogP contribution is -2.59. The van der Waals surface area contributed by atoms with E-state index in [4.69, 9.17) is 4.74 Å². The van der Waals surface area contributed by atoms with Crippen molar-refractivity contribution in [2.24, 2.45) is 40.4 Å². The maximum atomic E-state index is 12.3. The first-order chi connectivity index (χ1) is 12.7. The van der Waals surface area contributed by atoms with Crippen LogP contribution in [0.5, 0.6) is 0 Å². The second-order valence-electron chi connectivity index (χ2n) is 10.5. The summed E-state index contributed by atoms with van der Waals surface area (Å²) < 4.78 is 5.54. The third-order valence-electron chi connectivity index (χ3n) is 9.55.